The Bertz CT molecular complexity index is 987. The maximum absolute atomic E-state index is 12.9. The van der Waals surface area contributed by atoms with Crippen molar-refractivity contribution in [2.75, 3.05) is 13.2 Å². The summed E-state index contributed by atoms with van der Waals surface area (Å²) in [7, 11) is -8.66. The summed E-state index contributed by atoms with van der Waals surface area (Å²) in [5.74, 6) is 0. The molecular weight excluding hydrogens is 435 g/mol. The fourth-order valence-corrected chi connectivity index (χ4v) is 6.77. The minimum Gasteiger partial charge on any atom is -0.308 e. The first-order valence-electron chi connectivity index (χ1n) is 10.4. The van der Waals surface area contributed by atoms with Crippen LogP contribution in [0.5, 0.6) is 0 Å². The Hall–Kier alpha value is -1.76. The van der Waals surface area contributed by atoms with Crippen molar-refractivity contribution in [3.63, 3.8) is 0 Å². The van der Waals surface area contributed by atoms with E-state index in [0.717, 1.165) is 29.5 Å². The number of hydrogen-bond acceptors (Lipinski definition) is 5. The summed E-state index contributed by atoms with van der Waals surface area (Å²) in [5.41, 5.74) is 4.36. The van der Waals surface area contributed by atoms with Gasteiger partial charge in [0.2, 0.25) is 0 Å². The van der Waals surface area contributed by atoms with Crippen molar-refractivity contribution in [3.05, 3.63) is 65.7 Å². The van der Waals surface area contributed by atoms with Crippen LogP contribution >= 0.6 is 7.60 Å². The van der Waals surface area contributed by atoms with Gasteiger partial charge in [-0.05, 0) is 48.9 Å². The van der Waals surface area contributed by atoms with E-state index < -0.39 is 22.7 Å². The van der Waals surface area contributed by atoms with Crippen LogP contribution in [0.25, 0.3) is 17.2 Å². The van der Waals surface area contributed by atoms with Crippen molar-refractivity contribution in [2.45, 2.75) is 45.0 Å². The highest BCUT2D eigenvalue weighted by Crippen LogP contribution is 2.56. The van der Waals surface area contributed by atoms with E-state index >= 15 is 0 Å². The highest BCUT2D eigenvalue weighted by molar-refractivity contribution is 7.94. The van der Waals surface area contributed by atoms with Gasteiger partial charge in [-0.2, -0.15) is 8.42 Å². The molecule has 1 atom stereocenters. The summed E-state index contributed by atoms with van der Waals surface area (Å²) in [6.07, 6.45) is 5.25. The molecule has 0 heterocycles. The van der Waals surface area contributed by atoms with E-state index in [-0.39, 0.29) is 19.6 Å². The molecular formula is C23H31O6PS. The molecule has 2 aromatic carbocycles. The van der Waals surface area contributed by atoms with Crippen LogP contribution < -0.4 is 0 Å². The van der Waals surface area contributed by atoms with E-state index in [2.05, 4.69) is 31.2 Å². The lowest BCUT2D eigenvalue weighted by molar-refractivity contribution is 0.216. The van der Waals surface area contributed by atoms with Crippen molar-refractivity contribution >= 4 is 23.8 Å². The van der Waals surface area contributed by atoms with E-state index in [4.69, 9.17) is 9.05 Å². The highest BCUT2D eigenvalue weighted by atomic mass is 32.2. The maximum Gasteiger partial charge on any atom is 0.351 e. The predicted octanol–water partition coefficient (Wildman–Crippen LogP) is 6.19. The van der Waals surface area contributed by atoms with Crippen molar-refractivity contribution < 1.29 is 26.6 Å². The lowest BCUT2D eigenvalue weighted by Crippen LogP contribution is -2.22. The van der Waals surface area contributed by atoms with Gasteiger partial charge < -0.3 is 9.05 Å². The Morgan fingerprint density at radius 3 is 1.90 bits per heavy atom. The second-order valence-corrected chi connectivity index (χ2v) is 11.2. The van der Waals surface area contributed by atoms with Crippen LogP contribution in [0.1, 0.15) is 44.7 Å². The molecule has 0 aromatic heterocycles. The molecule has 0 saturated heterocycles. The Labute approximate surface area is 185 Å². The molecule has 1 unspecified atom stereocenters. The lowest BCUT2D eigenvalue weighted by Gasteiger charge is -2.23. The van der Waals surface area contributed by atoms with Crippen LogP contribution in [0.15, 0.2) is 54.6 Å². The van der Waals surface area contributed by atoms with Gasteiger partial charge in [-0.15, -0.1) is 0 Å². The minimum absolute atomic E-state index is 0.00784. The molecule has 0 fully saturated rings. The van der Waals surface area contributed by atoms with Crippen molar-refractivity contribution in [1.29, 1.82) is 0 Å². The van der Waals surface area contributed by atoms with Crippen LogP contribution in [0.3, 0.4) is 0 Å². The molecule has 1 N–H and O–H groups in total. The molecule has 2 rings (SSSR count). The van der Waals surface area contributed by atoms with Gasteiger partial charge in [-0.1, -0.05) is 74.0 Å². The van der Waals surface area contributed by atoms with Crippen molar-refractivity contribution in [1.82, 2.24) is 0 Å². The third kappa shape index (κ3) is 7.41. The molecule has 0 amide bonds. The average Bonchev–Trinajstić information content (AvgIpc) is 2.72. The highest BCUT2D eigenvalue weighted by Gasteiger charge is 2.43. The summed E-state index contributed by atoms with van der Waals surface area (Å²) in [4.78, 5) is -1.67. The van der Waals surface area contributed by atoms with Gasteiger partial charge in [-0.3, -0.25) is 9.12 Å². The van der Waals surface area contributed by atoms with Crippen LogP contribution in [-0.2, 0) is 30.2 Å². The molecule has 0 aliphatic heterocycles. The van der Waals surface area contributed by atoms with E-state index in [1.807, 2.05) is 24.3 Å². The molecule has 8 heteroatoms. The molecule has 6 nitrogen and oxygen atoms in total. The van der Waals surface area contributed by atoms with Crippen molar-refractivity contribution in [3.8, 4) is 11.1 Å². The second kappa shape index (κ2) is 11.7. The third-order valence-electron chi connectivity index (χ3n) is 4.70. The zero-order valence-electron chi connectivity index (χ0n) is 18.2. The first-order chi connectivity index (χ1) is 14.7. The van der Waals surface area contributed by atoms with Crippen LogP contribution in [0.2, 0.25) is 0 Å². The average molecular weight is 467 g/mol. The summed E-state index contributed by atoms with van der Waals surface area (Å²) in [6, 6.07) is 16.3. The molecule has 0 aliphatic rings. The van der Waals surface area contributed by atoms with E-state index in [1.165, 1.54) is 5.56 Å². The quantitative estimate of drug-likeness (QED) is 0.296. The van der Waals surface area contributed by atoms with Gasteiger partial charge in [-0.25, -0.2) is 0 Å². The normalized spacial score (nSPS) is 13.5. The topological polar surface area (TPSA) is 89.9 Å². The van der Waals surface area contributed by atoms with E-state index in [9.17, 15) is 17.5 Å². The van der Waals surface area contributed by atoms with Gasteiger partial charge in [0.05, 0.1) is 13.2 Å². The van der Waals surface area contributed by atoms with E-state index in [0.29, 0.717) is 0 Å². The first-order valence-corrected chi connectivity index (χ1v) is 13.6. The summed E-state index contributed by atoms with van der Waals surface area (Å²) in [6.45, 7) is 5.34. The van der Waals surface area contributed by atoms with Crippen LogP contribution in [0, 0.1) is 0 Å². The number of aryl methyl sites for hydroxylation is 1. The van der Waals surface area contributed by atoms with Gasteiger partial charge in [0.25, 0.3) is 10.1 Å². The predicted molar refractivity (Wildman–Crippen MR) is 126 cm³/mol. The smallest absolute Gasteiger partial charge is 0.308 e. The Morgan fingerprint density at radius 2 is 1.45 bits per heavy atom. The maximum atomic E-state index is 12.9. The fraction of sp³-hybridized carbons (Fsp3) is 0.391. The second-order valence-electron chi connectivity index (χ2n) is 7.05. The zero-order valence-corrected chi connectivity index (χ0v) is 19.9. The minimum atomic E-state index is -4.64. The summed E-state index contributed by atoms with van der Waals surface area (Å²) in [5, 5.41) is 0. The third-order valence-corrected chi connectivity index (χ3v) is 9.31. The molecule has 2 aromatic rings. The van der Waals surface area contributed by atoms with Crippen molar-refractivity contribution in [2.24, 2.45) is 0 Å². The number of rotatable bonds is 12. The SMILES string of the molecule is CCCc1ccc(-c2ccc(/C=C/CC(P(=O)(OCC)OCC)S(=O)(=O)O)cc2)cc1. The van der Waals surface area contributed by atoms with Crippen LogP contribution in [-0.4, -0.2) is 31.2 Å². The molecule has 0 saturated carbocycles. The molecule has 0 aliphatic carbocycles. The van der Waals surface area contributed by atoms with Crippen LogP contribution in [0.4, 0.5) is 0 Å². The first kappa shape index (κ1) is 25.5. The molecule has 0 bridgehead atoms. The largest absolute Gasteiger partial charge is 0.351 e. The molecule has 31 heavy (non-hydrogen) atoms. The monoisotopic (exact) mass is 466 g/mol. The standard InChI is InChI=1S/C23H31O6PS/c1-4-8-19-11-15-21(16-12-19)22-17-13-20(14-18-22)9-7-10-23(31(25,26)27)30(24,28-5-2)29-6-3/h7,9,11-18,23H,4-6,8,10H2,1-3H3,(H,25,26,27)/b9-7+. The zero-order chi connectivity index (χ0) is 22.9. The van der Waals surface area contributed by atoms with Gasteiger partial charge in [0.1, 0.15) is 0 Å². The summed E-state index contributed by atoms with van der Waals surface area (Å²) < 4.78 is 56.3. The molecule has 170 valence electrons. The Balaban J connectivity index is 2.13. The Morgan fingerprint density at radius 1 is 0.935 bits per heavy atom. The molecule has 0 spiro atoms. The number of hydrogen-bond donors (Lipinski definition) is 1. The Kier molecular flexibility index (Phi) is 9.66. The van der Waals surface area contributed by atoms with Gasteiger partial charge in [0.15, 0.2) is 4.99 Å². The van der Waals surface area contributed by atoms with E-state index in [1.54, 1.807) is 26.0 Å². The fourth-order valence-electron chi connectivity index (χ4n) is 3.24. The summed E-state index contributed by atoms with van der Waals surface area (Å²) >= 11 is 0. The van der Waals surface area contributed by atoms with Gasteiger partial charge >= 0.3 is 7.60 Å². The number of allylic oxidation sites excluding steroid dienone is 1. The van der Waals surface area contributed by atoms with Gasteiger partial charge in [0, 0.05) is 0 Å². The lowest BCUT2D eigenvalue weighted by atomic mass is 10.0. The molecule has 0 radical (unpaired) electrons. The number of benzene rings is 2.